The first-order valence-corrected chi connectivity index (χ1v) is 9.42. The molecule has 1 amide bonds. The van der Waals surface area contributed by atoms with Gasteiger partial charge in [-0.2, -0.15) is 0 Å². The molecule has 1 unspecified atom stereocenters. The monoisotopic (exact) mass is 346 g/mol. The number of benzene rings is 1. The van der Waals surface area contributed by atoms with Crippen molar-refractivity contribution in [3.63, 3.8) is 0 Å². The number of carbonyl (C=O) groups is 1. The van der Waals surface area contributed by atoms with E-state index in [1.165, 1.54) is 5.56 Å². The van der Waals surface area contributed by atoms with Crippen molar-refractivity contribution in [2.45, 2.75) is 58.7 Å². The molecule has 0 spiro atoms. The first-order valence-electron chi connectivity index (χ1n) is 9.42. The van der Waals surface area contributed by atoms with E-state index in [2.05, 4.69) is 44.7 Å². The molecule has 1 fully saturated rings. The van der Waals surface area contributed by atoms with Gasteiger partial charge in [0.1, 0.15) is 13.2 Å². The molecule has 2 aliphatic heterocycles. The second-order valence-electron chi connectivity index (χ2n) is 7.52. The van der Waals surface area contributed by atoms with Crippen molar-refractivity contribution in [2.75, 3.05) is 26.3 Å². The first kappa shape index (κ1) is 18.1. The van der Waals surface area contributed by atoms with Crippen LogP contribution in [0.15, 0.2) is 18.2 Å². The lowest BCUT2D eigenvalue weighted by Crippen LogP contribution is -2.47. The summed E-state index contributed by atoms with van der Waals surface area (Å²) in [6, 6.07) is 6.93. The number of rotatable bonds is 5. The normalized spacial score (nSPS) is 20.3. The molecule has 2 heterocycles. The van der Waals surface area contributed by atoms with E-state index >= 15 is 0 Å². The van der Waals surface area contributed by atoms with Gasteiger partial charge in [-0.1, -0.05) is 6.07 Å². The van der Waals surface area contributed by atoms with E-state index in [4.69, 9.17) is 9.47 Å². The Morgan fingerprint density at radius 3 is 2.52 bits per heavy atom. The number of amides is 1. The third-order valence-electron chi connectivity index (χ3n) is 5.05. The minimum Gasteiger partial charge on any atom is -0.486 e. The lowest BCUT2D eigenvalue weighted by atomic mass is 10.0. The van der Waals surface area contributed by atoms with Crippen LogP contribution in [-0.2, 0) is 4.79 Å². The largest absolute Gasteiger partial charge is 0.486 e. The van der Waals surface area contributed by atoms with Crippen molar-refractivity contribution < 1.29 is 14.3 Å². The third kappa shape index (κ3) is 3.92. The molecular formula is C20H30N2O3. The second-order valence-corrected chi connectivity index (χ2v) is 7.52. The van der Waals surface area contributed by atoms with Crippen LogP contribution in [0, 0.1) is 0 Å². The maximum absolute atomic E-state index is 12.8. The number of carbonyl (C=O) groups excluding carboxylic acids is 1. The summed E-state index contributed by atoms with van der Waals surface area (Å²) in [6.45, 7) is 11.0. The lowest BCUT2D eigenvalue weighted by molar-refractivity contribution is -0.136. The van der Waals surface area contributed by atoms with Gasteiger partial charge >= 0.3 is 0 Å². The van der Waals surface area contributed by atoms with Crippen LogP contribution >= 0.6 is 0 Å². The minimum absolute atomic E-state index is 0.217. The smallest absolute Gasteiger partial charge is 0.237 e. The second kappa shape index (κ2) is 7.65. The molecule has 2 aliphatic rings. The molecule has 1 aromatic rings. The zero-order valence-corrected chi connectivity index (χ0v) is 15.8. The topological polar surface area (TPSA) is 42.0 Å². The Kier molecular flexibility index (Phi) is 5.52. The molecular weight excluding hydrogens is 316 g/mol. The molecule has 0 N–H and O–H groups in total. The van der Waals surface area contributed by atoms with Gasteiger partial charge in [0, 0.05) is 18.1 Å². The fourth-order valence-electron chi connectivity index (χ4n) is 4.09. The summed E-state index contributed by atoms with van der Waals surface area (Å²) in [5, 5.41) is 0. The molecule has 1 aromatic carbocycles. The average Bonchev–Trinajstić information content (AvgIpc) is 3.01. The summed E-state index contributed by atoms with van der Waals surface area (Å²) in [5.74, 6) is 1.86. The standard InChI is InChI=1S/C20H30N2O3/c1-14(2)22(15(3)4)20(23)13-21-9-5-6-17(21)16-7-8-18-19(12-16)25-11-10-24-18/h7-8,12,14-15,17H,5-6,9-11,13H2,1-4H3. The number of likely N-dealkylation sites (tertiary alicyclic amines) is 1. The van der Waals surface area contributed by atoms with Gasteiger partial charge in [0.05, 0.1) is 6.54 Å². The van der Waals surface area contributed by atoms with Gasteiger partial charge in [0.25, 0.3) is 0 Å². The molecule has 1 saturated heterocycles. The van der Waals surface area contributed by atoms with E-state index in [0.717, 1.165) is 30.9 Å². The van der Waals surface area contributed by atoms with Crippen LogP contribution in [-0.4, -0.2) is 54.1 Å². The Bertz CT molecular complexity index is 607. The number of ether oxygens (including phenoxy) is 2. The van der Waals surface area contributed by atoms with E-state index in [9.17, 15) is 4.79 Å². The number of nitrogens with zero attached hydrogens (tertiary/aromatic N) is 2. The van der Waals surface area contributed by atoms with Gasteiger partial charge in [-0.25, -0.2) is 0 Å². The molecule has 5 heteroatoms. The Hall–Kier alpha value is -1.75. The number of hydrogen-bond acceptors (Lipinski definition) is 4. The average molecular weight is 346 g/mol. The fourth-order valence-corrected chi connectivity index (χ4v) is 4.09. The van der Waals surface area contributed by atoms with Crippen molar-refractivity contribution in [3.8, 4) is 11.5 Å². The van der Waals surface area contributed by atoms with Gasteiger partial charge in [-0.05, 0) is 64.8 Å². The Balaban J connectivity index is 1.73. The van der Waals surface area contributed by atoms with E-state index in [1.807, 2.05) is 11.0 Å². The Labute approximate surface area is 150 Å². The highest BCUT2D eigenvalue weighted by Crippen LogP contribution is 2.38. The van der Waals surface area contributed by atoms with Crippen molar-refractivity contribution in [1.82, 2.24) is 9.80 Å². The lowest BCUT2D eigenvalue weighted by Gasteiger charge is -2.34. The van der Waals surface area contributed by atoms with Crippen LogP contribution in [0.3, 0.4) is 0 Å². The maximum atomic E-state index is 12.8. The fraction of sp³-hybridized carbons (Fsp3) is 0.650. The zero-order chi connectivity index (χ0) is 18.0. The van der Waals surface area contributed by atoms with Crippen LogP contribution in [0.4, 0.5) is 0 Å². The van der Waals surface area contributed by atoms with Crippen molar-refractivity contribution in [1.29, 1.82) is 0 Å². The molecule has 1 atom stereocenters. The first-order chi connectivity index (χ1) is 12.0. The maximum Gasteiger partial charge on any atom is 0.237 e. The molecule has 25 heavy (non-hydrogen) atoms. The van der Waals surface area contributed by atoms with E-state index in [1.54, 1.807) is 0 Å². The summed E-state index contributed by atoms with van der Waals surface area (Å²) in [7, 11) is 0. The van der Waals surface area contributed by atoms with Crippen LogP contribution in [0.25, 0.3) is 0 Å². The summed E-state index contributed by atoms with van der Waals surface area (Å²) >= 11 is 0. The predicted octanol–water partition coefficient (Wildman–Crippen LogP) is 3.24. The molecule has 0 aromatic heterocycles. The molecule has 3 rings (SSSR count). The molecule has 0 saturated carbocycles. The van der Waals surface area contributed by atoms with Crippen molar-refractivity contribution in [3.05, 3.63) is 23.8 Å². The number of fused-ring (bicyclic) bond motifs is 1. The van der Waals surface area contributed by atoms with Crippen LogP contribution in [0.1, 0.15) is 52.1 Å². The summed E-state index contributed by atoms with van der Waals surface area (Å²) in [5.41, 5.74) is 1.22. The highest BCUT2D eigenvalue weighted by molar-refractivity contribution is 5.79. The van der Waals surface area contributed by atoms with Gasteiger partial charge in [0.2, 0.25) is 5.91 Å². The Morgan fingerprint density at radius 1 is 1.16 bits per heavy atom. The molecule has 0 aliphatic carbocycles. The van der Waals surface area contributed by atoms with E-state index in [0.29, 0.717) is 19.8 Å². The van der Waals surface area contributed by atoms with Crippen LogP contribution < -0.4 is 9.47 Å². The van der Waals surface area contributed by atoms with Crippen molar-refractivity contribution in [2.24, 2.45) is 0 Å². The molecule has 5 nitrogen and oxygen atoms in total. The predicted molar refractivity (Wildman–Crippen MR) is 98.1 cm³/mol. The van der Waals surface area contributed by atoms with Crippen LogP contribution in [0.5, 0.6) is 11.5 Å². The van der Waals surface area contributed by atoms with Crippen LogP contribution in [0.2, 0.25) is 0 Å². The highest BCUT2D eigenvalue weighted by Gasteiger charge is 2.31. The number of hydrogen-bond donors (Lipinski definition) is 0. The van der Waals surface area contributed by atoms with Gasteiger partial charge in [0.15, 0.2) is 11.5 Å². The van der Waals surface area contributed by atoms with E-state index in [-0.39, 0.29) is 24.0 Å². The van der Waals surface area contributed by atoms with Gasteiger partial charge < -0.3 is 14.4 Å². The molecule has 0 bridgehead atoms. The van der Waals surface area contributed by atoms with E-state index < -0.39 is 0 Å². The summed E-state index contributed by atoms with van der Waals surface area (Å²) in [4.78, 5) is 17.1. The van der Waals surface area contributed by atoms with Gasteiger partial charge in [-0.15, -0.1) is 0 Å². The summed E-state index contributed by atoms with van der Waals surface area (Å²) < 4.78 is 11.3. The summed E-state index contributed by atoms with van der Waals surface area (Å²) in [6.07, 6.45) is 2.20. The SMILES string of the molecule is CC(C)N(C(=O)CN1CCCC1c1ccc2c(c1)OCCO2)C(C)C. The van der Waals surface area contributed by atoms with Gasteiger partial charge in [-0.3, -0.25) is 9.69 Å². The quantitative estimate of drug-likeness (QED) is 0.821. The Morgan fingerprint density at radius 2 is 1.84 bits per heavy atom. The minimum atomic E-state index is 0.217. The molecule has 0 radical (unpaired) electrons. The third-order valence-corrected chi connectivity index (χ3v) is 5.05. The zero-order valence-electron chi connectivity index (χ0n) is 15.8. The van der Waals surface area contributed by atoms with Crippen molar-refractivity contribution >= 4 is 5.91 Å². The highest BCUT2D eigenvalue weighted by atomic mass is 16.6. The molecule has 138 valence electrons.